The maximum atomic E-state index is 11.0. The average molecular weight is 173 g/mol. The lowest BCUT2D eigenvalue weighted by Crippen LogP contribution is -2.48. The van der Waals surface area contributed by atoms with Crippen molar-refractivity contribution in [2.75, 3.05) is 13.7 Å². The molecule has 2 atom stereocenters. The number of carbonyl (C=O) groups excluding carboxylic acids is 1. The van der Waals surface area contributed by atoms with E-state index in [1.165, 1.54) is 7.11 Å². The fraction of sp³-hybridized carbons (Fsp3) is 0.875. The van der Waals surface area contributed by atoms with Gasteiger partial charge in [0.2, 0.25) is 0 Å². The van der Waals surface area contributed by atoms with Gasteiger partial charge in [-0.2, -0.15) is 0 Å². The van der Waals surface area contributed by atoms with E-state index in [-0.39, 0.29) is 11.5 Å². The van der Waals surface area contributed by atoms with Crippen LogP contribution in [0.25, 0.3) is 0 Å². The molecular weight excluding hydrogens is 158 g/mol. The molecule has 0 aromatic heterocycles. The molecule has 70 valence electrons. The third-order valence-electron chi connectivity index (χ3n) is 2.06. The van der Waals surface area contributed by atoms with Gasteiger partial charge in [0.1, 0.15) is 0 Å². The zero-order chi connectivity index (χ0) is 9.19. The molecule has 12 heavy (non-hydrogen) atoms. The molecule has 1 saturated heterocycles. The Labute approximate surface area is 72.0 Å². The van der Waals surface area contributed by atoms with Gasteiger partial charge >= 0.3 is 5.97 Å². The van der Waals surface area contributed by atoms with Crippen molar-refractivity contribution in [3.05, 3.63) is 0 Å². The highest BCUT2D eigenvalue weighted by molar-refractivity contribution is 5.74. The summed E-state index contributed by atoms with van der Waals surface area (Å²) >= 11 is 0. The van der Waals surface area contributed by atoms with Crippen LogP contribution in [0.15, 0.2) is 0 Å². The Morgan fingerprint density at radius 1 is 1.75 bits per heavy atom. The Hall–Kier alpha value is -0.610. The summed E-state index contributed by atoms with van der Waals surface area (Å²) in [6.45, 7) is 2.34. The molecule has 1 aliphatic rings. The van der Waals surface area contributed by atoms with E-state index in [1.54, 1.807) is 0 Å². The van der Waals surface area contributed by atoms with Crippen molar-refractivity contribution in [1.82, 2.24) is 0 Å². The fourth-order valence-electron chi connectivity index (χ4n) is 1.22. The molecule has 0 spiro atoms. The second kappa shape index (κ2) is 3.41. The summed E-state index contributed by atoms with van der Waals surface area (Å²) in [6.07, 6.45) is 1.04. The highest BCUT2D eigenvalue weighted by atomic mass is 16.6. The predicted octanol–water partition coefficient (Wildman–Crippen LogP) is 0.0558. The zero-order valence-corrected chi connectivity index (χ0v) is 7.50. The highest BCUT2D eigenvalue weighted by Crippen LogP contribution is 2.20. The molecule has 2 N–H and O–H groups in total. The molecule has 0 saturated carbocycles. The molecule has 1 aliphatic heterocycles. The Bertz CT molecular complexity index is 169. The van der Waals surface area contributed by atoms with Crippen molar-refractivity contribution >= 4 is 5.97 Å². The summed E-state index contributed by atoms with van der Waals surface area (Å²) in [5.41, 5.74) is 5.52. The van der Waals surface area contributed by atoms with Gasteiger partial charge in [0.25, 0.3) is 0 Å². The molecule has 0 radical (unpaired) electrons. The van der Waals surface area contributed by atoms with Crippen molar-refractivity contribution in [3.63, 3.8) is 0 Å². The van der Waals surface area contributed by atoms with Gasteiger partial charge in [-0.15, -0.1) is 0 Å². The predicted molar refractivity (Wildman–Crippen MR) is 43.6 cm³/mol. The van der Waals surface area contributed by atoms with E-state index in [0.717, 1.165) is 6.42 Å². The summed E-state index contributed by atoms with van der Waals surface area (Å²) < 4.78 is 9.80. The number of hydrogen-bond acceptors (Lipinski definition) is 4. The number of hydrogen-bond donors (Lipinski definition) is 1. The third-order valence-corrected chi connectivity index (χ3v) is 2.06. The smallest absolute Gasteiger partial charge is 0.334 e. The topological polar surface area (TPSA) is 61.5 Å². The lowest BCUT2D eigenvalue weighted by molar-refractivity contribution is -0.159. The van der Waals surface area contributed by atoms with Gasteiger partial charge in [-0.25, -0.2) is 4.79 Å². The van der Waals surface area contributed by atoms with Gasteiger partial charge < -0.3 is 15.2 Å². The number of methoxy groups -OCH3 is 1. The van der Waals surface area contributed by atoms with Gasteiger partial charge in [-0.1, -0.05) is 0 Å². The second-order valence-electron chi connectivity index (χ2n) is 3.52. The first-order chi connectivity index (χ1) is 5.55. The molecule has 0 bridgehead atoms. The standard InChI is InChI=1S/C8H15NO3/c1-8(9)4-3-6(12-5-8)7(10)11-2/h6H,3-5,9H2,1-2H3/t6-,8?/m0/s1. The molecule has 1 fully saturated rings. The fourth-order valence-corrected chi connectivity index (χ4v) is 1.22. The van der Waals surface area contributed by atoms with Crippen LogP contribution in [0.2, 0.25) is 0 Å². The minimum absolute atomic E-state index is 0.287. The maximum Gasteiger partial charge on any atom is 0.334 e. The van der Waals surface area contributed by atoms with Crippen LogP contribution in [0.5, 0.6) is 0 Å². The van der Waals surface area contributed by atoms with Crippen LogP contribution in [-0.2, 0) is 14.3 Å². The Morgan fingerprint density at radius 3 is 2.83 bits per heavy atom. The van der Waals surface area contributed by atoms with Crippen LogP contribution in [0.4, 0.5) is 0 Å². The first kappa shape index (κ1) is 9.48. The number of carbonyl (C=O) groups is 1. The van der Waals surface area contributed by atoms with E-state index < -0.39 is 6.10 Å². The Balaban J connectivity index is 2.41. The number of ether oxygens (including phenoxy) is 2. The summed E-state index contributed by atoms with van der Waals surface area (Å²) in [4.78, 5) is 11.0. The average Bonchev–Trinajstić information content (AvgIpc) is 2.03. The molecule has 4 nitrogen and oxygen atoms in total. The number of rotatable bonds is 1. The van der Waals surface area contributed by atoms with E-state index in [2.05, 4.69) is 4.74 Å². The summed E-state index contributed by atoms with van der Waals surface area (Å²) in [5.74, 6) is -0.300. The van der Waals surface area contributed by atoms with Gasteiger partial charge in [0.05, 0.1) is 13.7 Å². The monoisotopic (exact) mass is 173 g/mol. The molecule has 0 aromatic rings. The lowest BCUT2D eigenvalue weighted by atomic mass is 9.93. The highest BCUT2D eigenvalue weighted by Gasteiger charge is 2.32. The molecule has 1 rings (SSSR count). The van der Waals surface area contributed by atoms with E-state index in [1.807, 2.05) is 6.92 Å². The molecule has 1 heterocycles. The van der Waals surface area contributed by atoms with Crippen molar-refractivity contribution in [2.45, 2.75) is 31.4 Å². The van der Waals surface area contributed by atoms with Crippen LogP contribution in [0.3, 0.4) is 0 Å². The second-order valence-corrected chi connectivity index (χ2v) is 3.52. The molecule has 4 heteroatoms. The molecule has 0 aliphatic carbocycles. The normalized spacial score (nSPS) is 36.1. The first-order valence-electron chi connectivity index (χ1n) is 4.03. The van der Waals surface area contributed by atoms with Crippen LogP contribution in [0.1, 0.15) is 19.8 Å². The zero-order valence-electron chi connectivity index (χ0n) is 7.50. The largest absolute Gasteiger partial charge is 0.467 e. The van der Waals surface area contributed by atoms with E-state index in [0.29, 0.717) is 13.0 Å². The summed E-state index contributed by atoms with van der Waals surface area (Å²) in [7, 11) is 1.36. The van der Waals surface area contributed by atoms with Crippen LogP contribution in [-0.4, -0.2) is 31.3 Å². The summed E-state index contributed by atoms with van der Waals surface area (Å²) in [6, 6.07) is 0. The van der Waals surface area contributed by atoms with E-state index in [4.69, 9.17) is 10.5 Å². The van der Waals surface area contributed by atoms with Crippen LogP contribution < -0.4 is 5.73 Å². The SMILES string of the molecule is COC(=O)[C@@H]1CCC(C)(N)CO1. The number of esters is 1. The Kier molecular flexibility index (Phi) is 2.69. The van der Waals surface area contributed by atoms with Crippen molar-refractivity contribution in [1.29, 1.82) is 0 Å². The van der Waals surface area contributed by atoms with Crippen molar-refractivity contribution in [2.24, 2.45) is 5.73 Å². The Morgan fingerprint density at radius 2 is 2.42 bits per heavy atom. The molecule has 1 unspecified atom stereocenters. The molecule has 0 aromatic carbocycles. The quantitative estimate of drug-likeness (QED) is 0.569. The number of nitrogens with two attached hydrogens (primary N) is 1. The first-order valence-corrected chi connectivity index (χ1v) is 4.03. The molecule has 0 amide bonds. The lowest BCUT2D eigenvalue weighted by Gasteiger charge is -2.32. The van der Waals surface area contributed by atoms with Crippen LogP contribution in [0, 0.1) is 0 Å². The van der Waals surface area contributed by atoms with E-state index in [9.17, 15) is 4.79 Å². The van der Waals surface area contributed by atoms with E-state index >= 15 is 0 Å². The third kappa shape index (κ3) is 2.19. The van der Waals surface area contributed by atoms with Gasteiger partial charge in [-0.05, 0) is 19.8 Å². The summed E-state index contributed by atoms with van der Waals surface area (Å²) in [5, 5.41) is 0. The maximum absolute atomic E-state index is 11.0. The minimum Gasteiger partial charge on any atom is -0.467 e. The van der Waals surface area contributed by atoms with Crippen molar-refractivity contribution in [3.8, 4) is 0 Å². The van der Waals surface area contributed by atoms with Crippen LogP contribution >= 0.6 is 0 Å². The molecular formula is C8H15NO3. The van der Waals surface area contributed by atoms with Gasteiger partial charge in [-0.3, -0.25) is 0 Å². The van der Waals surface area contributed by atoms with Gasteiger partial charge in [0.15, 0.2) is 6.10 Å². The van der Waals surface area contributed by atoms with Gasteiger partial charge in [0, 0.05) is 5.54 Å². The van der Waals surface area contributed by atoms with Crippen molar-refractivity contribution < 1.29 is 14.3 Å². The minimum atomic E-state index is -0.411.